The summed E-state index contributed by atoms with van der Waals surface area (Å²) in [6.07, 6.45) is 5.17. The van der Waals surface area contributed by atoms with Gasteiger partial charge in [-0.2, -0.15) is 0 Å². The number of unbranched alkanes of at least 4 members (excludes halogenated alkanes) is 2. The lowest BCUT2D eigenvalue weighted by atomic mass is 10.2. The van der Waals surface area contributed by atoms with Gasteiger partial charge in [0.25, 0.3) is 0 Å². The summed E-state index contributed by atoms with van der Waals surface area (Å²) in [6.45, 7) is 5.40. The zero-order valence-electron chi connectivity index (χ0n) is 12.4. The van der Waals surface area contributed by atoms with Gasteiger partial charge in [-0.1, -0.05) is 26.7 Å². The minimum Gasteiger partial charge on any atom is -0.344 e. The molecular formula is C14H28N2O2. The molecule has 0 saturated heterocycles. The van der Waals surface area contributed by atoms with E-state index in [0.29, 0.717) is 25.9 Å². The van der Waals surface area contributed by atoms with Gasteiger partial charge in [-0.05, 0) is 12.8 Å². The molecule has 0 N–H and O–H groups in total. The molecular weight excluding hydrogens is 228 g/mol. The van der Waals surface area contributed by atoms with Crippen LogP contribution in [0.15, 0.2) is 0 Å². The lowest BCUT2D eigenvalue weighted by Crippen LogP contribution is -2.37. The molecule has 0 aromatic carbocycles. The van der Waals surface area contributed by atoms with Crippen LogP contribution in [-0.2, 0) is 9.59 Å². The summed E-state index contributed by atoms with van der Waals surface area (Å²) in [5, 5.41) is 0. The smallest absolute Gasteiger partial charge is 0.222 e. The Labute approximate surface area is 111 Å². The molecule has 0 fully saturated rings. The first-order valence-electron chi connectivity index (χ1n) is 7.00. The van der Waals surface area contributed by atoms with Crippen LogP contribution >= 0.6 is 0 Å². The Morgan fingerprint density at radius 1 is 0.778 bits per heavy atom. The maximum absolute atomic E-state index is 11.7. The van der Waals surface area contributed by atoms with Crippen LogP contribution in [0.1, 0.15) is 52.4 Å². The zero-order chi connectivity index (χ0) is 14.0. The van der Waals surface area contributed by atoms with Crippen molar-refractivity contribution in [1.82, 2.24) is 9.80 Å². The molecule has 4 nitrogen and oxygen atoms in total. The molecule has 106 valence electrons. The Balaban J connectivity index is 3.85. The largest absolute Gasteiger partial charge is 0.344 e. The summed E-state index contributed by atoms with van der Waals surface area (Å²) in [4.78, 5) is 26.8. The van der Waals surface area contributed by atoms with E-state index in [9.17, 15) is 9.59 Å². The summed E-state index contributed by atoms with van der Waals surface area (Å²) in [7, 11) is 3.62. The highest BCUT2D eigenvalue weighted by Crippen LogP contribution is 2.01. The fourth-order valence-electron chi connectivity index (χ4n) is 1.59. The first kappa shape index (κ1) is 16.9. The molecule has 0 spiro atoms. The molecule has 0 heterocycles. The van der Waals surface area contributed by atoms with Crippen LogP contribution in [0.2, 0.25) is 0 Å². The van der Waals surface area contributed by atoms with Gasteiger partial charge in [-0.25, -0.2) is 0 Å². The van der Waals surface area contributed by atoms with Crippen molar-refractivity contribution in [2.24, 2.45) is 0 Å². The molecule has 0 aromatic heterocycles. The molecule has 18 heavy (non-hydrogen) atoms. The molecule has 2 amide bonds. The average molecular weight is 256 g/mol. The predicted molar refractivity (Wildman–Crippen MR) is 74.3 cm³/mol. The fraction of sp³-hybridized carbons (Fsp3) is 0.857. The third kappa shape index (κ3) is 7.30. The van der Waals surface area contributed by atoms with Crippen LogP contribution in [0.5, 0.6) is 0 Å². The maximum Gasteiger partial charge on any atom is 0.222 e. The zero-order valence-corrected chi connectivity index (χ0v) is 12.4. The van der Waals surface area contributed by atoms with Crippen LogP contribution in [0.3, 0.4) is 0 Å². The van der Waals surface area contributed by atoms with Crippen LogP contribution in [0, 0.1) is 0 Å². The van der Waals surface area contributed by atoms with Crippen LogP contribution in [0.4, 0.5) is 0 Å². The normalized spacial score (nSPS) is 10.2. The average Bonchev–Trinajstić information content (AvgIpc) is 2.38. The van der Waals surface area contributed by atoms with Crippen molar-refractivity contribution < 1.29 is 9.59 Å². The Kier molecular flexibility index (Phi) is 9.33. The second-order valence-electron chi connectivity index (χ2n) is 4.84. The van der Waals surface area contributed by atoms with Gasteiger partial charge in [0, 0.05) is 40.0 Å². The highest BCUT2D eigenvalue weighted by atomic mass is 16.2. The van der Waals surface area contributed by atoms with E-state index in [2.05, 4.69) is 13.8 Å². The SMILES string of the molecule is CCCCC(=O)N(C)CCN(C)C(=O)CCCC. The second-order valence-corrected chi connectivity index (χ2v) is 4.84. The molecule has 0 atom stereocenters. The van der Waals surface area contributed by atoms with E-state index in [0.717, 1.165) is 25.7 Å². The fourth-order valence-corrected chi connectivity index (χ4v) is 1.59. The number of amides is 2. The second kappa shape index (κ2) is 9.92. The van der Waals surface area contributed by atoms with E-state index in [4.69, 9.17) is 0 Å². The number of hydrogen-bond acceptors (Lipinski definition) is 2. The third-order valence-corrected chi connectivity index (χ3v) is 3.11. The van der Waals surface area contributed by atoms with E-state index < -0.39 is 0 Å². The molecule has 4 heteroatoms. The van der Waals surface area contributed by atoms with Gasteiger partial charge in [0.2, 0.25) is 11.8 Å². The van der Waals surface area contributed by atoms with Crippen molar-refractivity contribution in [3.63, 3.8) is 0 Å². The van der Waals surface area contributed by atoms with E-state index >= 15 is 0 Å². The molecule has 0 radical (unpaired) electrons. The Morgan fingerprint density at radius 2 is 1.11 bits per heavy atom. The van der Waals surface area contributed by atoms with Gasteiger partial charge in [-0.3, -0.25) is 9.59 Å². The minimum atomic E-state index is 0.172. The molecule has 0 rings (SSSR count). The molecule has 0 unspecified atom stereocenters. The Morgan fingerprint density at radius 3 is 1.39 bits per heavy atom. The van der Waals surface area contributed by atoms with Gasteiger partial charge in [0.05, 0.1) is 0 Å². The predicted octanol–water partition coefficient (Wildman–Crippen LogP) is 2.28. The molecule has 0 bridgehead atoms. The number of carbonyl (C=O) groups is 2. The lowest BCUT2D eigenvalue weighted by molar-refractivity contribution is -0.133. The Hall–Kier alpha value is -1.06. The molecule has 0 saturated carbocycles. The molecule has 0 aromatic rings. The van der Waals surface area contributed by atoms with Gasteiger partial charge < -0.3 is 9.80 Å². The van der Waals surface area contributed by atoms with Crippen molar-refractivity contribution >= 4 is 11.8 Å². The summed E-state index contributed by atoms with van der Waals surface area (Å²) in [5.74, 6) is 0.345. The van der Waals surface area contributed by atoms with E-state index in [-0.39, 0.29) is 11.8 Å². The number of rotatable bonds is 9. The third-order valence-electron chi connectivity index (χ3n) is 3.11. The quantitative estimate of drug-likeness (QED) is 0.635. The Bertz CT molecular complexity index is 228. The summed E-state index contributed by atoms with van der Waals surface area (Å²) in [6, 6.07) is 0. The molecule has 0 aliphatic rings. The molecule has 0 aliphatic carbocycles. The highest BCUT2D eigenvalue weighted by molar-refractivity contribution is 5.77. The number of hydrogen-bond donors (Lipinski definition) is 0. The monoisotopic (exact) mass is 256 g/mol. The number of carbonyl (C=O) groups excluding carboxylic acids is 2. The summed E-state index contributed by atoms with van der Waals surface area (Å²) < 4.78 is 0. The van der Waals surface area contributed by atoms with E-state index in [1.54, 1.807) is 9.80 Å². The van der Waals surface area contributed by atoms with Crippen LogP contribution in [0.25, 0.3) is 0 Å². The minimum absolute atomic E-state index is 0.172. The van der Waals surface area contributed by atoms with Crippen molar-refractivity contribution in [1.29, 1.82) is 0 Å². The van der Waals surface area contributed by atoms with Gasteiger partial charge in [0.1, 0.15) is 0 Å². The standard InChI is InChI=1S/C14H28N2O2/c1-5-7-9-13(17)15(3)11-12-16(4)14(18)10-8-6-2/h5-12H2,1-4H3. The maximum atomic E-state index is 11.7. The van der Waals surface area contributed by atoms with E-state index in [1.165, 1.54) is 0 Å². The number of nitrogens with zero attached hydrogens (tertiary/aromatic N) is 2. The van der Waals surface area contributed by atoms with Crippen LogP contribution < -0.4 is 0 Å². The van der Waals surface area contributed by atoms with Crippen molar-refractivity contribution in [3.05, 3.63) is 0 Å². The van der Waals surface area contributed by atoms with Gasteiger partial charge in [-0.15, -0.1) is 0 Å². The van der Waals surface area contributed by atoms with Gasteiger partial charge >= 0.3 is 0 Å². The first-order valence-corrected chi connectivity index (χ1v) is 7.00. The summed E-state index contributed by atoms with van der Waals surface area (Å²) in [5.41, 5.74) is 0. The van der Waals surface area contributed by atoms with Crippen LogP contribution in [-0.4, -0.2) is 48.8 Å². The van der Waals surface area contributed by atoms with E-state index in [1.807, 2.05) is 14.1 Å². The topological polar surface area (TPSA) is 40.6 Å². The van der Waals surface area contributed by atoms with Crippen molar-refractivity contribution in [2.45, 2.75) is 52.4 Å². The van der Waals surface area contributed by atoms with Gasteiger partial charge in [0.15, 0.2) is 0 Å². The highest BCUT2D eigenvalue weighted by Gasteiger charge is 2.11. The van der Waals surface area contributed by atoms with Crippen molar-refractivity contribution in [3.8, 4) is 0 Å². The lowest BCUT2D eigenvalue weighted by Gasteiger charge is -2.22. The number of likely N-dealkylation sites (N-methyl/N-ethyl adjacent to an activating group) is 2. The molecule has 0 aliphatic heterocycles. The first-order chi connectivity index (χ1) is 8.52. The summed E-state index contributed by atoms with van der Waals surface area (Å²) >= 11 is 0. The van der Waals surface area contributed by atoms with Crippen molar-refractivity contribution in [2.75, 3.05) is 27.2 Å².